The van der Waals surface area contributed by atoms with E-state index in [0.29, 0.717) is 0 Å². The lowest BCUT2D eigenvalue weighted by molar-refractivity contribution is 0.284. The fraction of sp³-hybridized carbons (Fsp3) is 0.154. The average molecular weight is 423 g/mol. The number of hydrogen-bond acceptors (Lipinski definition) is 8. The van der Waals surface area contributed by atoms with Gasteiger partial charge in [-0.3, -0.25) is 14.1 Å². The second-order valence-electron chi connectivity index (χ2n) is 5.00. The van der Waals surface area contributed by atoms with Gasteiger partial charge in [0, 0.05) is 5.39 Å². The Bertz CT molecular complexity index is 1180. The lowest BCUT2D eigenvalue weighted by atomic mass is 10.1. The summed E-state index contributed by atoms with van der Waals surface area (Å²) in [4.78, 5) is 2.77. The van der Waals surface area contributed by atoms with Crippen LogP contribution in [0.3, 0.4) is 0 Å². The molecule has 0 fully saturated rings. The molecule has 0 atom stereocenters. The van der Waals surface area contributed by atoms with E-state index in [4.69, 9.17) is 4.55 Å². The van der Waals surface area contributed by atoms with Crippen LogP contribution in [0, 0.1) is 0 Å². The van der Waals surface area contributed by atoms with Crippen molar-refractivity contribution in [3.8, 4) is 0 Å². The van der Waals surface area contributed by atoms with E-state index in [2.05, 4.69) is 15.9 Å². The number of benzene rings is 2. The van der Waals surface area contributed by atoms with Crippen molar-refractivity contribution in [1.82, 2.24) is 0 Å². The number of rotatable bonds is 7. The summed E-state index contributed by atoms with van der Waals surface area (Å²) in [5.41, 5.74) is -0.0999. The third kappa shape index (κ3) is 4.63. The number of sulfone groups is 1. The first-order valence-electron chi connectivity index (χ1n) is 6.71. The van der Waals surface area contributed by atoms with Crippen molar-refractivity contribution >= 4 is 53.5 Å². The van der Waals surface area contributed by atoms with Crippen LogP contribution in [-0.4, -0.2) is 53.4 Å². The van der Waals surface area contributed by atoms with Crippen LogP contribution >= 0.6 is 0 Å². The van der Waals surface area contributed by atoms with E-state index < -0.39 is 47.6 Å². The fourth-order valence-electron chi connectivity index (χ4n) is 2.22. The summed E-state index contributed by atoms with van der Waals surface area (Å²) in [6.07, 6.45) is 0. The van der Waals surface area contributed by atoms with Gasteiger partial charge in [0.25, 0.3) is 10.1 Å². The normalized spacial score (nSPS) is 13.0. The number of nitrogens with zero attached hydrogens (tertiary/aromatic N) is 1. The van der Waals surface area contributed by atoms with Crippen molar-refractivity contribution < 1.29 is 38.5 Å². The molecular weight excluding hydrogens is 410 g/mol. The Morgan fingerprint density at radius 2 is 1.65 bits per heavy atom. The molecule has 0 aliphatic carbocycles. The van der Waals surface area contributed by atoms with Gasteiger partial charge in [-0.05, 0) is 30.3 Å². The Kier molecular flexibility index (Phi) is 5.51. The summed E-state index contributed by atoms with van der Waals surface area (Å²) in [5.74, 6) is -0.740. The molecule has 2 N–H and O–H groups in total. The van der Waals surface area contributed by atoms with Gasteiger partial charge in [-0.2, -0.15) is 16.8 Å². The molecule has 0 saturated carbocycles. The van der Waals surface area contributed by atoms with Crippen LogP contribution in [0.2, 0.25) is 0 Å². The van der Waals surface area contributed by atoms with Gasteiger partial charge in [-0.25, -0.2) is 12.6 Å². The van der Waals surface area contributed by atoms with E-state index in [1.54, 1.807) is 0 Å². The summed E-state index contributed by atoms with van der Waals surface area (Å²) < 4.78 is 90.4. The minimum absolute atomic E-state index is 0.0329. The zero-order chi connectivity index (χ0) is 19.8. The maximum atomic E-state index is 12.2. The lowest BCUT2D eigenvalue weighted by Gasteiger charge is -2.09. The Balaban J connectivity index is 2.52. The van der Waals surface area contributed by atoms with Gasteiger partial charge in [-0.15, -0.1) is 0 Å². The van der Waals surface area contributed by atoms with Crippen LogP contribution < -0.4 is 0 Å². The minimum atomic E-state index is -4.77. The molecule has 0 unspecified atom stereocenters. The number of hydrogen-bond donors (Lipinski definition) is 2. The van der Waals surface area contributed by atoms with Crippen molar-refractivity contribution in [3.63, 3.8) is 0 Å². The SMILES string of the molecule is C=Nc1ccc2cc(S(=O)(=O)CCOS(=O)(=O)O)ccc2c1S(=O)(=O)O. The Hall–Kier alpha value is -1.90. The molecule has 2 aromatic rings. The highest BCUT2D eigenvalue weighted by molar-refractivity contribution is 7.91. The van der Waals surface area contributed by atoms with Crippen molar-refractivity contribution in [2.75, 3.05) is 12.4 Å². The van der Waals surface area contributed by atoms with Gasteiger partial charge in [-0.1, -0.05) is 12.1 Å². The van der Waals surface area contributed by atoms with Gasteiger partial charge >= 0.3 is 10.4 Å². The third-order valence-electron chi connectivity index (χ3n) is 3.29. The van der Waals surface area contributed by atoms with Crippen LogP contribution in [0.15, 0.2) is 45.1 Å². The molecule has 0 aliphatic rings. The highest BCUT2D eigenvalue weighted by Crippen LogP contribution is 2.33. The van der Waals surface area contributed by atoms with Gasteiger partial charge in [0.15, 0.2) is 9.84 Å². The van der Waals surface area contributed by atoms with Crippen LogP contribution in [0.5, 0.6) is 0 Å². The van der Waals surface area contributed by atoms with Crippen LogP contribution in [0.1, 0.15) is 0 Å². The average Bonchev–Trinajstić information content (AvgIpc) is 2.50. The van der Waals surface area contributed by atoms with Crippen LogP contribution in [0.25, 0.3) is 10.8 Å². The van der Waals surface area contributed by atoms with Gasteiger partial charge in [0.2, 0.25) is 0 Å². The Labute approximate surface area is 149 Å². The molecule has 0 aromatic heterocycles. The Morgan fingerprint density at radius 3 is 2.19 bits per heavy atom. The molecule has 0 spiro atoms. The van der Waals surface area contributed by atoms with E-state index in [-0.39, 0.29) is 21.4 Å². The smallest absolute Gasteiger partial charge is 0.282 e. The molecule has 0 heterocycles. The molecule has 0 aliphatic heterocycles. The molecule has 26 heavy (non-hydrogen) atoms. The second kappa shape index (κ2) is 7.02. The summed E-state index contributed by atoms with van der Waals surface area (Å²) in [6, 6.07) is 6.05. The summed E-state index contributed by atoms with van der Waals surface area (Å²) in [6.45, 7) is 2.42. The third-order valence-corrected chi connectivity index (χ3v) is 6.38. The molecule has 0 amide bonds. The molecule has 2 rings (SSSR count). The molecule has 10 nitrogen and oxygen atoms in total. The predicted molar refractivity (Wildman–Crippen MR) is 92.5 cm³/mol. The van der Waals surface area contributed by atoms with Gasteiger partial charge in [0.05, 0.1) is 22.9 Å². The van der Waals surface area contributed by atoms with E-state index >= 15 is 0 Å². The topological polar surface area (TPSA) is 164 Å². The second-order valence-corrected chi connectivity index (χ2v) is 9.56. The van der Waals surface area contributed by atoms with E-state index in [0.717, 1.165) is 12.1 Å². The largest absolute Gasteiger partial charge is 0.397 e. The number of fused-ring (bicyclic) bond motifs is 1. The van der Waals surface area contributed by atoms with Gasteiger partial charge in [0.1, 0.15) is 4.90 Å². The highest BCUT2D eigenvalue weighted by Gasteiger charge is 2.22. The molecule has 2 aromatic carbocycles. The van der Waals surface area contributed by atoms with Crippen LogP contribution in [0.4, 0.5) is 5.69 Å². The summed E-state index contributed by atoms with van der Waals surface area (Å²) in [5, 5.41) is 0.215. The molecule has 0 bridgehead atoms. The van der Waals surface area contributed by atoms with Crippen molar-refractivity contribution in [2.24, 2.45) is 4.99 Å². The first-order chi connectivity index (χ1) is 11.8. The lowest BCUT2D eigenvalue weighted by Crippen LogP contribution is -2.15. The molecule has 142 valence electrons. The quantitative estimate of drug-likeness (QED) is 0.488. The summed E-state index contributed by atoms with van der Waals surface area (Å²) >= 11 is 0. The zero-order valence-electron chi connectivity index (χ0n) is 12.9. The van der Waals surface area contributed by atoms with Gasteiger partial charge < -0.3 is 0 Å². The van der Waals surface area contributed by atoms with Crippen molar-refractivity contribution in [2.45, 2.75) is 9.79 Å². The Morgan fingerprint density at radius 1 is 1.00 bits per heavy atom. The fourth-order valence-corrected chi connectivity index (χ4v) is 4.60. The maximum Gasteiger partial charge on any atom is 0.397 e. The van der Waals surface area contributed by atoms with Crippen LogP contribution in [-0.2, 0) is 34.5 Å². The summed E-state index contributed by atoms with van der Waals surface area (Å²) in [7, 11) is -13.4. The molecule has 0 saturated heterocycles. The highest BCUT2D eigenvalue weighted by atomic mass is 32.3. The van der Waals surface area contributed by atoms with E-state index in [1.165, 1.54) is 18.2 Å². The molecule has 13 heteroatoms. The zero-order valence-corrected chi connectivity index (χ0v) is 15.4. The number of aliphatic imine (C=N–C) groups is 1. The molecular formula is C13H13NO9S3. The first kappa shape index (κ1) is 20.4. The van der Waals surface area contributed by atoms with E-state index in [9.17, 15) is 29.8 Å². The van der Waals surface area contributed by atoms with Crippen molar-refractivity contribution in [1.29, 1.82) is 0 Å². The maximum absolute atomic E-state index is 12.2. The minimum Gasteiger partial charge on any atom is -0.282 e. The first-order valence-corrected chi connectivity index (χ1v) is 11.2. The standard InChI is InChI=1S/C13H13NO9S3/c1-14-12-5-2-9-8-10(3-4-11(9)13(12)25(17,18)19)24(15,16)7-6-23-26(20,21)22/h2-5,8H,1,6-7H2,(H,17,18,19)(H,20,21,22). The molecule has 0 radical (unpaired) electrons. The van der Waals surface area contributed by atoms with Crippen molar-refractivity contribution in [3.05, 3.63) is 30.3 Å². The van der Waals surface area contributed by atoms with E-state index in [1.807, 2.05) is 0 Å². The monoisotopic (exact) mass is 423 g/mol. The predicted octanol–water partition coefficient (Wildman–Crippen LogP) is 1.01.